The first-order valence-corrected chi connectivity index (χ1v) is 6.41. The van der Waals surface area contributed by atoms with E-state index < -0.39 is 0 Å². The van der Waals surface area contributed by atoms with Crippen molar-refractivity contribution in [3.63, 3.8) is 0 Å². The van der Waals surface area contributed by atoms with Crippen LogP contribution < -0.4 is 5.32 Å². The van der Waals surface area contributed by atoms with Crippen LogP contribution in [0.5, 0.6) is 0 Å². The van der Waals surface area contributed by atoms with Gasteiger partial charge in [-0.2, -0.15) is 0 Å². The number of benzene rings is 1. The topological polar surface area (TPSA) is 38.1 Å². The Bertz CT molecular complexity index is 459. The highest BCUT2D eigenvalue weighted by molar-refractivity contribution is 9.10. The Labute approximate surface area is 107 Å². The molecule has 84 valence electrons. The molecule has 0 aliphatic rings. The second-order valence-electron chi connectivity index (χ2n) is 3.18. The van der Waals surface area contributed by atoms with Crippen LogP contribution in [-0.4, -0.2) is 12.0 Å². The van der Waals surface area contributed by atoms with Gasteiger partial charge in [0.05, 0.1) is 6.20 Å². The predicted molar refractivity (Wildman–Crippen MR) is 67.5 cm³/mol. The third kappa shape index (κ3) is 2.87. The SMILES string of the molecule is CNCc1cc(Br)ccc1Sc1ncco1. The molecule has 0 radical (unpaired) electrons. The lowest BCUT2D eigenvalue weighted by atomic mass is 10.2. The molecule has 2 rings (SSSR count). The van der Waals surface area contributed by atoms with E-state index in [1.165, 1.54) is 17.3 Å². The van der Waals surface area contributed by atoms with E-state index in [0.29, 0.717) is 5.22 Å². The third-order valence-electron chi connectivity index (χ3n) is 2.00. The molecule has 1 aromatic heterocycles. The average molecular weight is 299 g/mol. The summed E-state index contributed by atoms with van der Waals surface area (Å²) < 4.78 is 6.30. The molecule has 0 spiro atoms. The van der Waals surface area contributed by atoms with Gasteiger partial charge in [0.15, 0.2) is 0 Å². The van der Waals surface area contributed by atoms with E-state index in [4.69, 9.17) is 4.42 Å². The molecule has 2 aromatic rings. The molecule has 0 saturated carbocycles. The van der Waals surface area contributed by atoms with E-state index in [0.717, 1.165) is 15.9 Å². The summed E-state index contributed by atoms with van der Waals surface area (Å²) in [6.07, 6.45) is 3.23. The normalized spacial score (nSPS) is 10.6. The summed E-state index contributed by atoms with van der Waals surface area (Å²) >= 11 is 5.00. The maximum atomic E-state index is 5.22. The van der Waals surface area contributed by atoms with E-state index in [-0.39, 0.29) is 0 Å². The second-order valence-corrected chi connectivity index (χ2v) is 5.09. The Morgan fingerprint density at radius 3 is 3.06 bits per heavy atom. The zero-order valence-electron chi connectivity index (χ0n) is 8.74. The average Bonchev–Trinajstić information content (AvgIpc) is 2.75. The Balaban J connectivity index is 2.25. The van der Waals surface area contributed by atoms with E-state index in [1.54, 1.807) is 12.5 Å². The lowest BCUT2D eigenvalue weighted by molar-refractivity contribution is 0.454. The van der Waals surface area contributed by atoms with Crippen molar-refractivity contribution in [2.75, 3.05) is 7.05 Å². The molecule has 0 unspecified atom stereocenters. The Morgan fingerprint density at radius 2 is 2.38 bits per heavy atom. The molecule has 0 aliphatic heterocycles. The lowest BCUT2D eigenvalue weighted by Gasteiger charge is -2.07. The maximum Gasteiger partial charge on any atom is 0.260 e. The molecule has 1 N–H and O–H groups in total. The summed E-state index contributed by atoms with van der Waals surface area (Å²) in [7, 11) is 1.93. The standard InChI is InChI=1S/C11H11BrN2OS/c1-13-7-8-6-9(12)2-3-10(8)16-11-14-4-5-15-11/h2-6,13H,7H2,1H3. The van der Waals surface area contributed by atoms with Crippen molar-refractivity contribution in [3.8, 4) is 0 Å². The maximum absolute atomic E-state index is 5.22. The van der Waals surface area contributed by atoms with Gasteiger partial charge in [0.25, 0.3) is 5.22 Å². The van der Waals surface area contributed by atoms with Crippen LogP contribution in [0.1, 0.15) is 5.56 Å². The Hall–Kier alpha value is -0.780. The molecule has 3 nitrogen and oxygen atoms in total. The number of rotatable bonds is 4. The first-order valence-electron chi connectivity index (χ1n) is 4.80. The molecule has 0 fully saturated rings. The van der Waals surface area contributed by atoms with Gasteiger partial charge < -0.3 is 9.73 Å². The van der Waals surface area contributed by atoms with E-state index in [9.17, 15) is 0 Å². The Morgan fingerprint density at radius 1 is 1.50 bits per heavy atom. The van der Waals surface area contributed by atoms with E-state index >= 15 is 0 Å². The number of aromatic nitrogens is 1. The van der Waals surface area contributed by atoms with Gasteiger partial charge in [-0.15, -0.1) is 0 Å². The van der Waals surface area contributed by atoms with Crippen molar-refractivity contribution in [2.45, 2.75) is 16.7 Å². The highest BCUT2D eigenvalue weighted by Gasteiger charge is 2.07. The zero-order valence-corrected chi connectivity index (χ0v) is 11.1. The van der Waals surface area contributed by atoms with Gasteiger partial charge in [-0.1, -0.05) is 15.9 Å². The van der Waals surface area contributed by atoms with E-state index in [1.807, 2.05) is 13.1 Å². The van der Waals surface area contributed by atoms with Crippen molar-refractivity contribution in [1.29, 1.82) is 0 Å². The number of oxazole rings is 1. The molecular formula is C11H11BrN2OS. The van der Waals surface area contributed by atoms with Crippen LogP contribution in [0.15, 0.2) is 49.7 Å². The van der Waals surface area contributed by atoms with Crippen molar-refractivity contribution < 1.29 is 4.42 Å². The minimum atomic E-state index is 0.666. The molecule has 0 amide bonds. The number of nitrogens with one attached hydrogen (secondary N) is 1. The highest BCUT2D eigenvalue weighted by Crippen LogP contribution is 2.30. The molecule has 5 heteroatoms. The van der Waals surface area contributed by atoms with Crippen molar-refractivity contribution in [2.24, 2.45) is 0 Å². The summed E-state index contributed by atoms with van der Waals surface area (Å²) in [5.74, 6) is 0. The van der Waals surface area contributed by atoms with Crippen LogP contribution in [-0.2, 0) is 6.54 Å². The van der Waals surface area contributed by atoms with Crippen LogP contribution in [0.25, 0.3) is 0 Å². The Kier molecular flexibility index (Phi) is 4.04. The minimum Gasteiger partial charge on any atom is -0.440 e. The predicted octanol–water partition coefficient (Wildman–Crippen LogP) is 3.31. The van der Waals surface area contributed by atoms with Crippen LogP contribution in [0.2, 0.25) is 0 Å². The molecule has 0 atom stereocenters. The van der Waals surface area contributed by atoms with Crippen LogP contribution in [0.4, 0.5) is 0 Å². The van der Waals surface area contributed by atoms with Gasteiger partial charge in [-0.25, -0.2) is 4.98 Å². The smallest absolute Gasteiger partial charge is 0.260 e. The second kappa shape index (κ2) is 5.52. The fourth-order valence-corrected chi connectivity index (χ4v) is 2.54. The molecule has 16 heavy (non-hydrogen) atoms. The van der Waals surface area contributed by atoms with Crippen molar-refractivity contribution in [1.82, 2.24) is 10.3 Å². The number of hydrogen-bond donors (Lipinski definition) is 1. The zero-order chi connectivity index (χ0) is 11.4. The van der Waals surface area contributed by atoms with Crippen LogP contribution in [0, 0.1) is 0 Å². The number of hydrogen-bond acceptors (Lipinski definition) is 4. The van der Waals surface area contributed by atoms with Gasteiger partial charge >= 0.3 is 0 Å². The van der Waals surface area contributed by atoms with Gasteiger partial charge in [0.2, 0.25) is 0 Å². The van der Waals surface area contributed by atoms with Crippen molar-refractivity contribution >= 4 is 27.7 Å². The summed E-state index contributed by atoms with van der Waals surface area (Å²) in [6.45, 7) is 0.822. The summed E-state index contributed by atoms with van der Waals surface area (Å²) in [5.41, 5.74) is 1.22. The van der Waals surface area contributed by atoms with Crippen LogP contribution in [0.3, 0.4) is 0 Å². The quantitative estimate of drug-likeness (QED) is 0.940. The summed E-state index contributed by atoms with van der Waals surface area (Å²) in [4.78, 5) is 5.25. The molecule has 1 heterocycles. The first-order chi connectivity index (χ1) is 7.79. The minimum absolute atomic E-state index is 0.666. The van der Waals surface area contributed by atoms with Gasteiger partial charge in [-0.3, -0.25) is 0 Å². The molecule has 1 aromatic carbocycles. The monoisotopic (exact) mass is 298 g/mol. The fraction of sp³-hybridized carbons (Fsp3) is 0.182. The molecule has 0 bridgehead atoms. The van der Waals surface area contributed by atoms with E-state index in [2.05, 4.69) is 38.4 Å². The summed E-state index contributed by atoms with van der Waals surface area (Å²) in [6, 6.07) is 6.18. The third-order valence-corrected chi connectivity index (χ3v) is 3.48. The molecular weight excluding hydrogens is 288 g/mol. The lowest BCUT2D eigenvalue weighted by Crippen LogP contribution is -2.06. The fourth-order valence-electron chi connectivity index (χ4n) is 1.33. The van der Waals surface area contributed by atoms with Gasteiger partial charge in [-0.05, 0) is 42.6 Å². The van der Waals surface area contributed by atoms with Crippen molar-refractivity contribution in [3.05, 3.63) is 40.7 Å². The number of halogens is 1. The molecule has 0 aliphatic carbocycles. The van der Waals surface area contributed by atoms with Gasteiger partial charge in [0.1, 0.15) is 6.26 Å². The van der Waals surface area contributed by atoms with Gasteiger partial charge in [0, 0.05) is 15.9 Å². The first kappa shape index (κ1) is 11.7. The number of nitrogens with zero attached hydrogens (tertiary/aromatic N) is 1. The van der Waals surface area contributed by atoms with Crippen LogP contribution >= 0.6 is 27.7 Å². The molecule has 0 saturated heterocycles. The highest BCUT2D eigenvalue weighted by atomic mass is 79.9. The largest absolute Gasteiger partial charge is 0.440 e. The summed E-state index contributed by atoms with van der Waals surface area (Å²) in [5, 5.41) is 3.81.